The Morgan fingerprint density at radius 3 is 2.38 bits per heavy atom. The van der Waals surface area contributed by atoms with Gasteiger partial charge < -0.3 is 15.4 Å². The van der Waals surface area contributed by atoms with Gasteiger partial charge in [-0.2, -0.15) is 5.10 Å². The minimum absolute atomic E-state index is 0.00622. The summed E-state index contributed by atoms with van der Waals surface area (Å²) in [6.07, 6.45) is 8.34. The van der Waals surface area contributed by atoms with E-state index >= 15 is 0 Å². The Kier molecular flexibility index (Phi) is 10.4. The van der Waals surface area contributed by atoms with Crippen LogP contribution in [0, 0.1) is 11.8 Å². The number of benzene rings is 1. The van der Waals surface area contributed by atoms with Crippen molar-refractivity contribution >= 4 is 29.3 Å². The summed E-state index contributed by atoms with van der Waals surface area (Å²) in [6, 6.07) is 8.17. The van der Waals surface area contributed by atoms with Crippen LogP contribution in [0.1, 0.15) is 74.3 Å². The zero-order valence-electron chi connectivity index (χ0n) is 22.0. The molecule has 37 heavy (non-hydrogen) atoms. The van der Waals surface area contributed by atoms with Gasteiger partial charge in [-0.25, -0.2) is 4.79 Å². The number of aromatic nitrogens is 2. The Morgan fingerprint density at radius 2 is 1.78 bits per heavy atom. The Bertz CT molecular complexity index is 1070. The molecule has 2 atom stereocenters. The van der Waals surface area contributed by atoms with Crippen molar-refractivity contribution < 1.29 is 23.9 Å². The van der Waals surface area contributed by atoms with E-state index in [9.17, 15) is 19.2 Å². The molecule has 0 radical (unpaired) electrons. The number of amides is 2. The number of carbonyl (C=O) groups excluding carboxylic acids is 4. The van der Waals surface area contributed by atoms with Crippen molar-refractivity contribution in [2.75, 3.05) is 12.4 Å². The van der Waals surface area contributed by atoms with Crippen molar-refractivity contribution in [3.63, 3.8) is 0 Å². The Hall–Kier alpha value is -3.49. The van der Waals surface area contributed by atoms with E-state index in [1.165, 1.54) is 13.5 Å². The van der Waals surface area contributed by atoms with Gasteiger partial charge in [-0.1, -0.05) is 38.3 Å². The second-order valence-corrected chi connectivity index (χ2v) is 9.69. The van der Waals surface area contributed by atoms with Crippen LogP contribution in [0.2, 0.25) is 0 Å². The molecule has 9 nitrogen and oxygen atoms in total. The van der Waals surface area contributed by atoms with E-state index in [0.29, 0.717) is 24.2 Å². The quantitative estimate of drug-likeness (QED) is 0.331. The summed E-state index contributed by atoms with van der Waals surface area (Å²) in [5, 5.41) is 9.79. The number of ketones is 1. The van der Waals surface area contributed by atoms with Crippen molar-refractivity contribution in [2.45, 2.75) is 70.8 Å². The molecule has 0 bridgehead atoms. The highest BCUT2D eigenvalue weighted by Gasteiger charge is 2.30. The summed E-state index contributed by atoms with van der Waals surface area (Å²) < 4.78 is 6.39. The molecule has 2 amide bonds. The molecular weight excluding hydrogens is 472 g/mol. The van der Waals surface area contributed by atoms with E-state index in [2.05, 4.69) is 15.7 Å². The summed E-state index contributed by atoms with van der Waals surface area (Å²) in [7, 11) is 3.03. The number of ether oxygens (including phenoxy) is 1. The highest BCUT2D eigenvalue weighted by atomic mass is 16.5. The van der Waals surface area contributed by atoms with Gasteiger partial charge in [0.25, 0.3) is 0 Å². The maximum absolute atomic E-state index is 13.4. The van der Waals surface area contributed by atoms with Crippen LogP contribution < -0.4 is 10.6 Å². The fourth-order valence-corrected chi connectivity index (χ4v) is 5.01. The van der Waals surface area contributed by atoms with Crippen molar-refractivity contribution in [1.29, 1.82) is 0 Å². The highest BCUT2D eigenvalue weighted by Crippen LogP contribution is 2.33. The molecular formula is C28H38N4O5. The number of nitrogens with one attached hydrogen (secondary N) is 2. The number of hydrogen-bond acceptors (Lipinski definition) is 6. The highest BCUT2D eigenvalue weighted by molar-refractivity contribution is 5.96. The van der Waals surface area contributed by atoms with Crippen molar-refractivity contribution in [3.05, 3.63) is 47.8 Å². The third-order valence-corrected chi connectivity index (χ3v) is 7.15. The molecule has 1 fully saturated rings. The van der Waals surface area contributed by atoms with Gasteiger partial charge in [0, 0.05) is 44.1 Å². The smallest absolute Gasteiger partial charge is 0.328 e. The maximum atomic E-state index is 13.4. The molecule has 1 heterocycles. The lowest BCUT2D eigenvalue weighted by Gasteiger charge is -2.29. The van der Waals surface area contributed by atoms with E-state index in [-0.39, 0.29) is 42.3 Å². The molecule has 3 rings (SSSR count). The van der Waals surface area contributed by atoms with Gasteiger partial charge in [0.1, 0.15) is 11.7 Å². The average Bonchev–Trinajstić information content (AvgIpc) is 3.35. The van der Waals surface area contributed by atoms with E-state index in [1.54, 1.807) is 43.0 Å². The van der Waals surface area contributed by atoms with E-state index < -0.39 is 12.0 Å². The Labute approximate surface area is 218 Å². The predicted octanol–water partition coefficient (Wildman–Crippen LogP) is 3.83. The van der Waals surface area contributed by atoms with Gasteiger partial charge in [0.2, 0.25) is 11.8 Å². The molecule has 1 aromatic carbocycles. The van der Waals surface area contributed by atoms with Gasteiger partial charge in [0.05, 0.1) is 7.11 Å². The molecule has 0 spiro atoms. The number of nitrogens with zero attached hydrogens (tertiary/aromatic N) is 2. The first-order chi connectivity index (χ1) is 17.8. The zero-order valence-corrected chi connectivity index (χ0v) is 22.0. The topological polar surface area (TPSA) is 119 Å². The third kappa shape index (κ3) is 8.00. The standard InChI is InChI=1S/C28H38N4O5/c1-4-26(34)31-23(28(36)37-3)18-19-10-12-21(13-11-19)30-27(35)22(20-8-6-5-7-9-20)14-15-25(33)24-16-17-29-32(24)2/h10-13,16-17,20,22-23H,4-9,14-15,18H2,1-3H3,(H,30,35)(H,31,34)/t22-,23+/m0/s1. The second kappa shape index (κ2) is 13.7. The summed E-state index contributed by atoms with van der Waals surface area (Å²) in [5.41, 5.74) is 2.04. The van der Waals surface area contributed by atoms with Gasteiger partial charge in [-0.3, -0.25) is 19.1 Å². The zero-order chi connectivity index (χ0) is 26.8. The first-order valence-corrected chi connectivity index (χ1v) is 13.1. The first-order valence-electron chi connectivity index (χ1n) is 13.1. The van der Waals surface area contributed by atoms with E-state index in [4.69, 9.17) is 4.74 Å². The minimum atomic E-state index is -0.773. The Morgan fingerprint density at radius 1 is 1.08 bits per heavy atom. The lowest BCUT2D eigenvalue weighted by atomic mass is 9.77. The van der Waals surface area contributed by atoms with Gasteiger partial charge >= 0.3 is 5.97 Å². The molecule has 1 aliphatic carbocycles. The molecule has 0 saturated heterocycles. The van der Waals surface area contributed by atoms with E-state index in [1.807, 2.05) is 12.1 Å². The molecule has 1 aliphatic rings. The molecule has 0 aliphatic heterocycles. The van der Waals surface area contributed by atoms with E-state index in [0.717, 1.165) is 31.2 Å². The van der Waals surface area contributed by atoms with Gasteiger partial charge in [-0.05, 0) is 48.9 Å². The number of rotatable bonds is 12. The number of Topliss-reactive ketones (excluding diaryl/α,β-unsaturated/α-hetero) is 1. The number of anilines is 1. The first kappa shape index (κ1) is 28.1. The third-order valence-electron chi connectivity index (χ3n) is 7.15. The van der Waals surface area contributed by atoms with Crippen LogP contribution in [0.5, 0.6) is 0 Å². The molecule has 1 saturated carbocycles. The van der Waals surface area contributed by atoms with Crippen molar-refractivity contribution in [1.82, 2.24) is 15.1 Å². The van der Waals surface area contributed by atoms with Crippen molar-refractivity contribution in [2.24, 2.45) is 18.9 Å². The van der Waals surface area contributed by atoms with Crippen LogP contribution in [0.25, 0.3) is 0 Å². The van der Waals surface area contributed by atoms with Gasteiger partial charge in [-0.15, -0.1) is 0 Å². The summed E-state index contributed by atoms with van der Waals surface area (Å²) >= 11 is 0. The lowest BCUT2D eigenvalue weighted by Crippen LogP contribution is -2.42. The van der Waals surface area contributed by atoms with Crippen LogP contribution >= 0.6 is 0 Å². The van der Waals surface area contributed by atoms with Crippen molar-refractivity contribution in [3.8, 4) is 0 Å². The number of aryl methyl sites for hydroxylation is 1. The minimum Gasteiger partial charge on any atom is -0.467 e. The summed E-state index contributed by atoms with van der Waals surface area (Å²) in [4.78, 5) is 50.0. The maximum Gasteiger partial charge on any atom is 0.328 e. The predicted molar refractivity (Wildman–Crippen MR) is 140 cm³/mol. The monoisotopic (exact) mass is 510 g/mol. The average molecular weight is 511 g/mol. The van der Waals surface area contributed by atoms with Crippen LogP contribution in [0.4, 0.5) is 5.69 Å². The molecule has 0 unspecified atom stereocenters. The fourth-order valence-electron chi connectivity index (χ4n) is 5.01. The fraction of sp³-hybridized carbons (Fsp3) is 0.536. The SMILES string of the molecule is CCC(=O)N[C@H](Cc1ccc(NC(=O)[C@@H](CCC(=O)c2ccnn2C)C2CCCCC2)cc1)C(=O)OC. The van der Waals surface area contributed by atoms with Crippen LogP contribution in [0.15, 0.2) is 36.5 Å². The molecule has 2 aromatic rings. The lowest BCUT2D eigenvalue weighted by molar-refractivity contribution is -0.145. The van der Waals surface area contributed by atoms with Crippen LogP contribution in [-0.2, 0) is 32.6 Å². The molecule has 9 heteroatoms. The molecule has 200 valence electrons. The van der Waals surface area contributed by atoms with Gasteiger partial charge in [0.15, 0.2) is 5.78 Å². The molecule has 2 N–H and O–H groups in total. The summed E-state index contributed by atoms with van der Waals surface area (Å²) in [5.74, 6) is -0.793. The number of carbonyl (C=O) groups is 4. The summed E-state index contributed by atoms with van der Waals surface area (Å²) in [6.45, 7) is 1.72. The normalized spacial score (nSPS) is 15.4. The second-order valence-electron chi connectivity index (χ2n) is 9.69. The van der Waals surface area contributed by atoms with Crippen LogP contribution in [-0.4, -0.2) is 46.5 Å². The van der Waals surface area contributed by atoms with Crippen LogP contribution in [0.3, 0.4) is 0 Å². The Balaban J connectivity index is 1.65. The molecule has 1 aromatic heterocycles. The largest absolute Gasteiger partial charge is 0.467 e. The number of hydrogen-bond donors (Lipinski definition) is 2. The number of esters is 1. The number of methoxy groups -OCH3 is 1.